The molecule has 0 amide bonds. The van der Waals surface area contributed by atoms with Gasteiger partial charge in [-0.25, -0.2) is 0 Å². The van der Waals surface area contributed by atoms with Crippen LogP contribution in [0.25, 0.3) is 0 Å². The van der Waals surface area contributed by atoms with Crippen LogP contribution in [0.15, 0.2) is 24.3 Å². The van der Waals surface area contributed by atoms with Crippen LogP contribution in [0.5, 0.6) is 5.75 Å². The number of ether oxygens (including phenoxy) is 1. The highest BCUT2D eigenvalue weighted by atomic mass is 32.1. The fourth-order valence-corrected chi connectivity index (χ4v) is 1.55. The van der Waals surface area contributed by atoms with Crippen LogP contribution in [0, 0.1) is 0 Å². The molecule has 0 unspecified atom stereocenters. The van der Waals surface area contributed by atoms with E-state index in [1.165, 1.54) is 18.2 Å². The van der Waals surface area contributed by atoms with Crippen LogP contribution in [-0.4, -0.2) is 17.5 Å². The van der Waals surface area contributed by atoms with Crippen molar-refractivity contribution in [1.29, 1.82) is 0 Å². The minimum absolute atomic E-state index is 0.0840. The first-order chi connectivity index (χ1) is 8.28. The second-order valence-corrected chi connectivity index (χ2v) is 4.21. The lowest BCUT2D eigenvalue weighted by atomic mass is 10.3. The fraction of sp³-hybridized carbons (Fsp3) is 0.364. The first-order valence-electron chi connectivity index (χ1n) is 5.20. The molecule has 0 aliphatic rings. The summed E-state index contributed by atoms with van der Waals surface area (Å²) in [6.45, 7) is 3.73. The van der Waals surface area contributed by atoms with Crippen LogP contribution in [-0.2, 0) is 0 Å². The van der Waals surface area contributed by atoms with Crippen LogP contribution >= 0.6 is 12.2 Å². The lowest BCUT2D eigenvalue weighted by Gasteiger charge is -2.16. The summed E-state index contributed by atoms with van der Waals surface area (Å²) in [5, 5.41) is 5.76. The highest BCUT2D eigenvalue weighted by Gasteiger charge is 2.32. The Kier molecular flexibility index (Phi) is 4.77. The Morgan fingerprint density at radius 2 is 1.89 bits per heavy atom. The number of alkyl halides is 3. The lowest BCUT2D eigenvalue weighted by molar-refractivity contribution is -0.274. The molecule has 2 N–H and O–H groups in total. The number of halogens is 3. The number of benzene rings is 1. The zero-order valence-corrected chi connectivity index (χ0v) is 10.7. The number of hydrogen-bond acceptors (Lipinski definition) is 2. The predicted octanol–water partition coefficient (Wildman–Crippen LogP) is 3.28. The van der Waals surface area contributed by atoms with Gasteiger partial charge in [0.05, 0.1) is 5.69 Å². The summed E-state index contributed by atoms with van der Waals surface area (Å²) in [6.07, 6.45) is -4.73. The molecule has 1 aromatic carbocycles. The molecule has 0 heterocycles. The van der Waals surface area contributed by atoms with E-state index in [0.29, 0.717) is 0 Å². The number of para-hydroxylation sites is 2. The van der Waals surface area contributed by atoms with E-state index in [1.807, 2.05) is 13.8 Å². The van der Waals surface area contributed by atoms with E-state index in [0.717, 1.165) is 0 Å². The molecule has 3 nitrogen and oxygen atoms in total. The van der Waals surface area contributed by atoms with Crippen molar-refractivity contribution in [3.8, 4) is 5.75 Å². The fourth-order valence-electron chi connectivity index (χ4n) is 1.20. The van der Waals surface area contributed by atoms with E-state index in [4.69, 9.17) is 12.2 Å². The molecular weight excluding hydrogens is 265 g/mol. The van der Waals surface area contributed by atoms with Gasteiger partial charge in [0.15, 0.2) is 10.9 Å². The summed E-state index contributed by atoms with van der Waals surface area (Å²) in [5.74, 6) is -0.321. The van der Waals surface area contributed by atoms with E-state index in [2.05, 4.69) is 15.4 Å². The van der Waals surface area contributed by atoms with Crippen molar-refractivity contribution < 1.29 is 17.9 Å². The smallest absolute Gasteiger partial charge is 0.404 e. The highest BCUT2D eigenvalue weighted by molar-refractivity contribution is 7.80. The number of anilines is 1. The van der Waals surface area contributed by atoms with E-state index in [-0.39, 0.29) is 22.6 Å². The summed E-state index contributed by atoms with van der Waals surface area (Å²) in [4.78, 5) is 0. The van der Waals surface area contributed by atoms with Gasteiger partial charge in [0, 0.05) is 6.04 Å². The standard InChI is InChI=1S/C11H13F3N2OS/c1-7(2)15-10(18)16-8-5-3-4-6-9(8)17-11(12,13)14/h3-7H,1-2H3,(H2,15,16,18). The SMILES string of the molecule is CC(C)NC(=S)Nc1ccccc1OC(F)(F)F. The maximum absolute atomic E-state index is 12.2. The van der Waals surface area contributed by atoms with Crippen molar-refractivity contribution in [2.24, 2.45) is 0 Å². The molecule has 100 valence electrons. The van der Waals surface area contributed by atoms with E-state index >= 15 is 0 Å². The molecule has 0 radical (unpaired) electrons. The number of rotatable bonds is 3. The molecule has 1 aromatic rings. The molecule has 0 fully saturated rings. The van der Waals surface area contributed by atoms with Gasteiger partial charge in [-0.05, 0) is 38.2 Å². The molecule has 0 atom stereocenters. The van der Waals surface area contributed by atoms with Crippen molar-refractivity contribution in [2.75, 3.05) is 5.32 Å². The van der Waals surface area contributed by atoms with Crippen LogP contribution in [0.2, 0.25) is 0 Å². The summed E-state index contributed by atoms with van der Waals surface area (Å²) in [6, 6.07) is 5.79. The summed E-state index contributed by atoms with van der Waals surface area (Å²) < 4.78 is 40.4. The van der Waals surface area contributed by atoms with Crippen LogP contribution in [0.4, 0.5) is 18.9 Å². The van der Waals surface area contributed by atoms with Crippen LogP contribution in [0.1, 0.15) is 13.8 Å². The monoisotopic (exact) mass is 278 g/mol. The molecule has 0 aliphatic heterocycles. The molecule has 0 saturated carbocycles. The molecule has 7 heteroatoms. The Morgan fingerprint density at radius 3 is 2.44 bits per heavy atom. The largest absolute Gasteiger partial charge is 0.573 e. The molecule has 18 heavy (non-hydrogen) atoms. The van der Waals surface area contributed by atoms with Gasteiger partial charge in [-0.2, -0.15) is 0 Å². The maximum Gasteiger partial charge on any atom is 0.573 e. The number of hydrogen-bond donors (Lipinski definition) is 2. The average Bonchev–Trinajstić information content (AvgIpc) is 2.17. The van der Waals surface area contributed by atoms with Gasteiger partial charge in [0.1, 0.15) is 0 Å². The Bertz CT molecular complexity index is 421. The Labute approximate surface area is 108 Å². The zero-order valence-electron chi connectivity index (χ0n) is 9.84. The third-order valence-electron chi connectivity index (χ3n) is 1.78. The summed E-state index contributed by atoms with van der Waals surface area (Å²) in [7, 11) is 0. The molecule has 0 spiro atoms. The van der Waals surface area contributed by atoms with Crippen molar-refractivity contribution in [3.63, 3.8) is 0 Å². The van der Waals surface area contributed by atoms with E-state index in [9.17, 15) is 13.2 Å². The number of nitrogens with one attached hydrogen (secondary N) is 2. The molecule has 0 bridgehead atoms. The Morgan fingerprint density at radius 1 is 1.28 bits per heavy atom. The molecule has 0 aliphatic carbocycles. The summed E-state index contributed by atoms with van der Waals surface area (Å²) in [5.41, 5.74) is 0.160. The van der Waals surface area contributed by atoms with Crippen molar-refractivity contribution in [1.82, 2.24) is 5.32 Å². The van der Waals surface area contributed by atoms with Gasteiger partial charge in [-0.15, -0.1) is 13.2 Å². The summed E-state index contributed by atoms with van der Waals surface area (Å²) >= 11 is 4.95. The third-order valence-corrected chi connectivity index (χ3v) is 2.00. The van der Waals surface area contributed by atoms with Gasteiger partial charge in [-0.1, -0.05) is 12.1 Å². The Hall–Kier alpha value is -1.50. The number of thiocarbonyl (C=S) groups is 1. The minimum Gasteiger partial charge on any atom is -0.404 e. The van der Waals surface area contributed by atoms with Crippen molar-refractivity contribution >= 4 is 23.0 Å². The molecule has 0 aromatic heterocycles. The van der Waals surface area contributed by atoms with Crippen LogP contribution in [0.3, 0.4) is 0 Å². The molecule has 0 saturated heterocycles. The average molecular weight is 278 g/mol. The van der Waals surface area contributed by atoms with Gasteiger partial charge in [0.25, 0.3) is 0 Å². The van der Waals surface area contributed by atoms with Crippen LogP contribution < -0.4 is 15.4 Å². The van der Waals surface area contributed by atoms with Crippen molar-refractivity contribution in [2.45, 2.75) is 26.3 Å². The second kappa shape index (κ2) is 5.90. The first kappa shape index (κ1) is 14.6. The highest BCUT2D eigenvalue weighted by Crippen LogP contribution is 2.29. The van der Waals surface area contributed by atoms with Gasteiger partial charge >= 0.3 is 6.36 Å². The topological polar surface area (TPSA) is 33.3 Å². The predicted molar refractivity (Wildman–Crippen MR) is 67.6 cm³/mol. The molecular formula is C11H13F3N2OS. The lowest BCUT2D eigenvalue weighted by Crippen LogP contribution is -2.34. The quantitative estimate of drug-likeness (QED) is 0.831. The third kappa shape index (κ3) is 5.22. The molecule has 1 rings (SSSR count). The van der Waals surface area contributed by atoms with Gasteiger partial charge in [0.2, 0.25) is 0 Å². The first-order valence-corrected chi connectivity index (χ1v) is 5.61. The van der Waals surface area contributed by atoms with E-state index in [1.54, 1.807) is 6.07 Å². The van der Waals surface area contributed by atoms with E-state index < -0.39 is 6.36 Å². The normalized spacial score (nSPS) is 11.2. The Balaban J connectivity index is 2.79. The second-order valence-electron chi connectivity index (χ2n) is 3.80. The van der Waals surface area contributed by atoms with Crippen molar-refractivity contribution in [3.05, 3.63) is 24.3 Å². The maximum atomic E-state index is 12.2. The van der Waals surface area contributed by atoms with Gasteiger partial charge < -0.3 is 15.4 Å². The minimum atomic E-state index is -4.73. The zero-order chi connectivity index (χ0) is 13.8. The van der Waals surface area contributed by atoms with Gasteiger partial charge in [-0.3, -0.25) is 0 Å².